The van der Waals surface area contributed by atoms with E-state index in [4.69, 9.17) is 9.90 Å². The van der Waals surface area contributed by atoms with Gasteiger partial charge in [0.2, 0.25) is 10.0 Å². The maximum Gasteiger partial charge on any atom is 0.490 e. The van der Waals surface area contributed by atoms with Crippen LogP contribution in [0.5, 0.6) is 0 Å². The van der Waals surface area contributed by atoms with Crippen molar-refractivity contribution in [2.24, 2.45) is 0 Å². The van der Waals surface area contributed by atoms with Gasteiger partial charge in [-0.2, -0.15) is 26.3 Å². The Labute approximate surface area is 169 Å². The Morgan fingerprint density at radius 1 is 1.07 bits per heavy atom. The number of piperazine rings is 1. The molecule has 0 radical (unpaired) electrons. The maximum absolute atomic E-state index is 12.1. The summed E-state index contributed by atoms with van der Waals surface area (Å²) in [5, 5.41) is 10.4. The highest BCUT2D eigenvalue weighted by atomic mass is 32.2. The molecule has 1 aromatic carbocycles. The zero-order valence-electron chi connectivity index (χ0n) is 15.6. The lowest BCUT2D eigenvalue weighted by atomic mass is 10.2. The van der Waals surface area contributed by atoms with Crippen LogP contribution in [0.25, 0.3) is 0 Å². The van der Waals surface area contributed by atoms with E-state index in [9.17, 15) is 34.8 Å². The fraction of sp³-hybridized carbons (Fsp3) is 0.562. The van der Waals surface area contributed by atoms with Crippen molar-refractivity contribution in [2.75, 3.05) is 36.7 Å². The summed E-state index contributed by atoms with van der Waals surface area (Å²) in [4.78, 5) is 11.2. The third kappa shape index (κ3) is 11.2. The first-order valence-electron chi connectivity index (χ1n) is 8.57. The van der Waals surface area contributed by atoms with Crippen molar-refractivity contribution in [2.45, 2.75) is 25.3 Å². The molecule has 0 aromatic heterocycles. The molecule has 1 aliphatic rings. The Kier molecular flexibility index (Phi) is 9.36. The number of hydrogen-bond acceptors (Lipinski definition) is 5. The number of carboxylic acid groups (broad SMARTS) is 1. The molecule has 1 saturated heterocycles. The van der Waals surface area contributed by atoms with Crippen molar-refractivity contribution in [1.29, 1.82) is 0 Å². The van der Waals surface area contributed by atoms with Crippen LogP contribution < -0.4 is 10.0 Å². The molecule has 1 aromatic rings. The molecule has 30 heavy (non-hydrogen) atoms. The van der Waals surface area contributed by atoms with Crippen LogP contribution in [-0.4, -0.2) is 68.7 Å². The standard InChI is InChI=1S/C14H20F3N3O2S.C2HF3O2/c15-14(16,17)5-10-23(21,22)19-13-3-1-12(2-4-13)11-20-8-6-18-7-9-20;3-2(4,5)1(6)7/h1-4,18-19H,5-11H2;(H,6,7). The van der Waals surface area contributed by atoms with Gasteiger partial charge in [-0.15, -0.1) is 0 Å². The fourth-order valence-corrected chi connectivity index (χ4v) is 3.38. The number of sulfonamides is 1. The summed E-state index contributed by atoms with van der Waals surface area (Å²) in [6, 6.07) is 6.71. The fourth-order valence-electron chi connectivity index (χ4n) is 2.29. The van der Waals surface area contributed by atoms with Crippen LogP contribution in [0, 0.1) is 0 Å². The Hall–Kier alpha value is -2.06. The second-order valence-electron chi connectivity index (χ2n) is 6.31. The monoisotopic (exact) mass is 465 g/mol. The molecule has 7 nitrogen and oxygen atoms in total. The van der Waals surface area contributed by atoms with Crippen LogP contribution in [-0.2, 0) is 21.4 Å². The lowest BCUT2D eigenvalue weighted by Crippen LogP contribution is -2.42. The number of nitrogens with zero attached hydrogens (tertiary/aromatic N) is 1. The van der Waals surface area contributed by atoms with Crippen LogP contribution in [0.4, 0.5) is 32.0 Å². The van der Waals surface area contributed by atoms with Gasteiger partial charge in [0.25, 0.3) is 0 Å². The second kappa shape index (κ2) is 10.8. The van der Waals surface area contributed by atoms with Crippen molar-refractivity contribution in [3.8, 4) is 0 Å². The lowest BCUT2D eigenvalue weighted by molar-refractivity contribution is -0.192. The van der Waals surface area contributed by atoms with Gasteiger partial charge in [-0.1, -0.05) is 12.1 Å². The smallest absolute Gasteiger partial charge is 0.475 e. The first kappa shape index (κ1) is 26.0. The van der Waals surface area contributed by atoms with Crippen molar-refractivity contribution in [3.63, 3.8) is 0 Å². The van der Waals surface area contributed by atoms with Gasteiger partial charge < -0.3 is 10.4 Å². The summed E-state index contributed by atoms with van der Waals surface area (Å²) in [5.41, 5.74) is 1.31. The SMILES string of the molecule is O=C(O)C(F)(F)F.O=S(=O)(CCC(F)(F)F)Nc1ccc(CN2CCNCC2)cc1. The summed E-state index contributed by atoms with van der Waals surface area (Å²) in [5.74, 6) is -3.73. The summed E-state index contributed by atoms with van der Waals surface area (Å²) < 4.78 is 93.4. The molecule has 0 aliphatic carbocycles. The number of aliphatic carboxylic acids is 1. The number of carbonyl (C=O) groups is 1. The van der Waals surface area contributed by atoms with Gasteiger partial charge in [0.15, 0.2) is 0 Å². The molecule has 14 heteroatoms. The maximum atomic E-state index is 12.1. The topological polar surface area (TPSA) is 98.7 Å². The van der Waals surface area contributed by atoms with Crippen LogP contribution in [0.15, 0.2) is 24.3 Å². The number of benzene rings is 1. The van der Waals surface area contributed by atoms with Gasteiger partial charge in [-0.05, 0) is 17.7 Å². The summed E-state index contributed by atoms with van der Waals surface area (Å²) >= 11 is 0. The molecule has 172 valence electrons. The number of rotatable bonds is 6. The number of nitrogens with one attached hydrogen (secondary N) is 2. The van der Waals surface area contributed by atoms with Crippen molar-refractivity contribution in [1.82, 2.24) is 10.2 Å². The first-order chi connectivity index (χ1) is 13.7. The van der Waals surface area contributed by atoms with E-state index in [0.29, 0.717) is 0 Å². The molecule has 1 heterocycles. The molecule has 0 spiro atoms. The zero-order chi connectivity index (χ0) is 23.0. The van der Waals surface area contributed by atoms with Gasteiger partial charge in [-0.25, -0.2) is 13.2 Å². The Bertz CT molecular complexity index is 776. The van der Waals surface area contributed by atoms with Gasteiger partial charge >= 0.3 is 18.3 Å². The first-order valence-corrected chi connectivity index (χ1v) is 10.2. The predicted octanol–water partition coefficient (Wildman–Crippen LogP) is 2.42. The minimum atomic E-state index is -5.08. The minimum absolute atomic E-state index is 0.274. The molecule has 0 unspecified atom stereocenters. The van der Waals surface area contributed by atoms with Gasteiger partial charge in [0.05, 0.1) is 12.2 Å². The van der Waals surface area contributed by atoms with Gasteiger partial charge in [-0.3, -0.25) is 9.62 Å². The van der Waals surface area contributed by atoms with Crippen LogP contribution in [0.1, 0.15) is 12.0 Å². The van der Waals surface area contributed by atoms with Gasteiger partial charge in [0.1, 0.15) is 0 Å². The molecule has 0 bridgehead atoms. The van der Waals surface area contributed by atoms with E-state index in [0.717, 1.165) is 38.3 Å². The van der Waals surface area contributed by atoms with Crippen LogP contribution in [0.2, 0.25) is 0 Å². The molecule has 3 N–H and O–H groups in total. The number of anilines is 1. The molecule has 1 aliphatic heterocycles. The zero-order valence-corrected chi connectivity index (χ0v) is 16.4. The number of carboxylic acids is 1. The van der Waals surface area contributed by atoms with E-state index >= 15 is 0 Å². The number of hydrogen-bond donors (Lipinski definition) is 3. The second-order valence-corrected chi connectivity index (χ2v) is 8.15. The van der Waals surface area contributed by atoms with Crippen molar-refractivity contribution < 1.29 is 44.7 Å². The molecule has 0 amide bonds. The van der Waals surface area contributed by atoms with Crippen molar-refractivity contribution in [3.05, 3.63) is 29.8 Å². The number of halogens is 6. The predicted molar refractivity (Wildman–Crippen MR) is 96.4 cm³/mol. The summed E-state index contributed by atoms with van der Waals surface area (Å²) in [7, 11) is -4.00. The minimum Gasteiger partial charge on any atom is -0.475 e. The molecular formula is C16H21F6N3O4S. The summed E-state index contributed by atoms with van der Waals surface area (Å²) in [6.45, 7) is 4.55. The van der Waals surface area contributed by atoms with E-state index in [2.05, 4.69) is 14.9 Å². The third-order valence-corrected chi connectivity index (χ3v) is 5.03. The summed E-state index contributed by atoms with van der Waals surface area (Å²) in [6.07, 6.45) is -10.9. The normalized spacial score (nSPS) is 15.8. The third-order valence-electron chi connectivity index (χ3n) is 3.74. The van der Waals surface area contributed by atoms with Crippen LogP contribution in [0.3, 0.4) is 0 Å². The molecule has 0 atom stereocenters. The van der Waals surface area contributed by atoms with E-state index in [1.54, 1.807) is 24.3 Å². The molecule has 1 fully saturated rings. The highest BCUT2D eigenvalue weighted by Gasteiger charge is 2.38. The average molecular weight is 465 g/mol. The van der Waals surface area contributed by atoms with E-state index in [1.807, 2.05) is 0 Å². The Morgan fingerprint density at radius 3 is 2.00 bits per heavy atom. The van der Waals surface area contributed by atoms with Crippen LogP contribution >= 0.6 is 0 Å². The van der Waals surface area contributed by atoms with E-state index in [-0.39, 0.29) is 5.69 Å². The molecule has 0 saturated carbocycles. The van der Waals surface area contributed by atoms with E-state index in [1.165, 1.54) is 0 Å². The number of alkyl halides is 6. The van der Waals surface area contributed by atoms with E-state index < -0.39 is 40.5 Å². The van der Waals surface area contributed by atoms with Crippen molar-refractivity contribution >= 4 is 21.7 Å². The Morgan fingerprint density at radius 2 is 1.57 bits per heavy atom. The quantitative estimate of drug-likeness (QED) is 0.559. The highest BCUT2D eigenvalue weighted by molar-refractivity contribution is 7.92. The average Bonchev–Trinajstić information content (AvgIpc) is 2.62. The Balaban J connectivity index is 0.000000553. The highest BCUT2D eigenvalue weighted by Crippen LogP contribution is 2.21. The van der Waals surface area contributed by atoms with Gasteiger partial charge in [0, 0.05) is 38.4 Å². The molecular weight excluding hydrogens is 444 g/mol. The lowest BCUT2D eigenvalue weighted by Gasteiger charge is -2.27. The molecule has 2 rings (SSSR count). The largest absolute Gasteiger partial charge is 0.490 e.